The van der Waals surface area contributed by atoms with Gasteiger partial charge in [-0.25, -0.2) is 4.98 Å². The molecule has 0 unspecified atom stereocenters. The molecule has 5 nitrogen and oxygen atoms in total. The van der Waals surface area contributed by atoms with E-state index in [1.54, 1.807) is 0 Å². The van der Waals surface area contributed by atoms with Crippen molar-refractivity contribution in [2.75, 3.05) is 18.5 Å². The summed E-state index contributed by atoms with van der Waals surface area (Å²) in [6.07, 6.45) is 3.36. The van der Waals surface area contributed by atoms with Gasteiger partial charge in [0, 0.05) is 25.2 Å². The molecule has 0 saturated heterocycles. The zero-order valence-electron chi connectivity index (χ0n) is 12.2. The highest BCUT2D eigenvalue weighted by molar-refractivity contribution is 7.13. The molecule has 0 saturated carbocycles. The van der Waals surface area contributed by atoms with E-state index in [4.69, 9.17) is 9.94 Å². The summed E-state index contributed by atoms with van der Waals surface area (Å²) in [6.45, 7) is 4.22. The van der Waals surface area contributed by atoms with Crippen molar-refractivity contribution < 1.29 is 9.94 Å². The van der Waals surface area contributed by atoms with E-state index >= 15 is 0 Å². The maximum Gasteiger partial charge on any atom is 0.183 e. The largest absolute Gasteiger partial charge is 0.396 e. The van der Waals surface area contributed by atoms with Crippen LogP contribution in [0.15, 0.2) is 46.9 Å². The average molecular weight is 317 g/mol. The van der Waals surface area contributed by atoms with Gasteiger partial charge >= 0.3 is 0 Å². The predicted octanol–water partition coefficient (Wildman–Crippen LogP) is 3.15. The molecule has 0 aliphatic rings. The maximum absolute atomic E-state index is 8.78. The topological polar surface area (TPSA) is 66.7 Å². The van der Waals surface area contributed by atoms with Gasteiger partial charge in [-0.05, 0) is 24.5 Å². The van der Waals surface area contributed by atoms with Crippen LogP contribution in [0.2, 0.25) is 0 Å². The molecule has 0 aliphatic carbocycles. The molecule has 22 heavy (non-hydrogen) atoms. The van der Waals surface area contributed by atoms with Crippen molar-refractivity contribution in [3.63, 3.8) is 0 Å². The van der Waals surface area contributed by atoms with Crippen molar-refractivity contribution in [2.45, 2.75) is 12.8 Å². The molecule has 0 spiro atoms. The highest BCUT2D eigenvalue weighted by Crippen LogP contribution is 2.23. The Hall–Kier alpha value is -2.18. The minimum Gasteiger partial charge on any atom is -0.396 e. The fraction of sp³-hybridized carbons (Fsp3) is 0.250. The second-order valence-electron chi connectivity index (χ2n) is 4.52. The molecule has 0 atom stereocenters. The van der Waals surface area contributed by atoms with Crippen LogP contribution >= 0.6 is 11.3 Å². The van der Waals surface area contributed by atoms with Gasteiger partial charge < -0.3 is 15.3 Å². The first-order valence-corrected chi connectivity index (χ1v) is 7.89. The molecule has 0 amide bonds. The van der Waals surface area contributed by atoms with Crippen molar-refractivity contribution in [3.8, 4) is 0 Å². The Morgan fingerprint density at radius 3 is 2.95 bits per heavy atom. The number of nitrogens with zero attached hydrogens (tertiary/aromatic N) is 2. The Bertz CT molecular complexity index is 611. The third-order valence-corrected chi connectivity index (χ3v) is 3.70. The first-order chi connectivity index (χ1) is 10.8. The van der Waals surface area contributed by atoms with Crippen LogP contribution in [-0.2, 0) is 11.3 Å². The van der Waals surface area contributed by atoms with Gasteiger partial charge in [0.15, 0.2) is 10.9 Å². The number of anilines is 1. The summed E-state index contributed by atoms with van der Waals surface area (Å²) >= 11 is 1.49. The number of thiazole rings is 1. The molecule has 0 bridgehead atoms. The molecule has 0 fully saturated rings. The number of aliphatic hydroxyl groups excluding tert-OH is 1. The summed E-state index contributed by atoms with van der Waals surface area (Å²) in [5.74, 6) is 0.588. The van der Waals surface area contributed by atoms with Gasteiger partial charge in [-0.15, -0.1) is 11.3 Å². The molecular weight excluding hydrogens is 298 g/mol. The summed E-state index contributed by atoms with van der Waals surface area (Å²) in [7, 11) is 0. The molecule has 2 rings (SSSR count). The van der Waals surface area contributed by atoms with Gasteiger partial charge in [-0.3, -0.25) is 0 Å². The van der Waals surface area contributed by atoms with E-state index in [1.807, 2.05) is 29.7 Å². The molecular formula is C16H19N3O2S. The van der Waals surface area contributed by atoms with Crippen LogP contribution in [0.3, 0.4) is 0 Å². The Labute approximate surface area is 134 Å². The van der Waals surface area contributed by atoms with Gasteiger partial charge in [0.05, 0.1) is 0 Å². The number of aromatic nitrogens is 1. The van der Waals surface area contributed by atoms with Gasteiger partial charge in [0.2, 0.25) is 0 Å². The SMILES string of the molecule is C=NO/C(=C\Cc1ccccc1)c1csc(NCCCO)n1. The van der Waals surface area contributed by atoms with Gasteiger partial charge in [0.25, 0.3) is 0 Å². The van der Waals surface area contributed by atoms with Crippen molar-refractivity contribution in [1.29, 1.82) is 0 Å². The number of rotatable bonds is 9. The molecule has 1 aromatic carbocycles. The lowest BCUT2D eigenvalue weighted by atomic mass is 10.1. The molecule has 6 heteroatoms. The molecule has 0 radical (unpaired) electrons. The van der Waals surface area contributed by atoms with E-state index in [2.05, 4.69) is 34.3 Å². The Morgan fingerprint density at radius 2 is 2.23 bits per heavy atom. The number of hydrogen-bond donors (Lipinski definition) is 2. The van der Waals surface area contributed by atoms with Crippen molar-refractivity contribution >= 4 is 28.9 Å². The molecule has 116 valence electrons. The summed E-state index contributed by atoms with van der Waals surface area (Å²) in [6, 6.07) is 10.1. The number of hydrogen-bond acceptors (Lipinski definition) is 6. The lowest BCUT2D eigenvalue weighted by Gasteiger charge is -2.02. The average Bonchev–Trinajstić information content (AvgIpc) is 3.01. The normalized spacial score (nSPS) is 11.2. The van der Waals surface area contributed by atoms with Crippen LogP contribution in [0.1, 0.15) is 17.7 Å². The third kappa shape index (κ3) is 4.98. The van der Waals surface area contributed by atoms with Crippen LogP contribution in [0.4, 0.5) is 5.13 Å². The highest BCUT2D eigenvalue weighted by atomic mass is 32.1. The Morgan fingerprint density at radius 1 is 1.41 bits per heavy atom. The van der Waals surface area contributed by atoms with E-state index < -0.39 is 0 Å². The standard InChI is InChI=1S/C16H19N3O2S/c1-17-21-15(9-8-13-6-3-2-4-7-13)14-12-22-16(19-14)18-10-5-11-20/h2-4,6-7,9,12,20H,1,5,8,10-11H2,(H,18,19)/b15-9-. The van der Waals surface area contributed by atoms with E-state index in [0.29, 0.717) is 18.7 Å². The lowest BCUT2D eigenvalue weighted by Crippen LogP contribution is -2.03. The fourth-order valence-electron chi connectivity index (χ4n) is 1.83. The van der Waals surface area contributed by atoms with Crippen molar-refractivity contribution in [2.24, 2.45) is 5.16 Å². The summed E-state index contributed by atoms with van der Waals surface area (Å²) in [5.41, 5.74) is 1.91. The first kappa shape index (κ1) is 16.2. The van der Waals surface area contributed by atoms with E-state index in [1.165, 1.54) is 16.9 Å². The smallest absolute Gasteiger partial charge is 0.183 e. The number of benzene rings is 1. The minimum atomic E-state index is 0.164. The first-order valence-electron chi connectivity index (χ1n) is 7.01. The molecule has 2 aromatic rings. The second kappa shape index (κ2) is 8.96. The zero-order chi connectivity index (χ0) is 15.6. The monoisotopic (exact) mass is 317 g/mol. The summed E-state index contributed by atoms with van der Waals surface area (Å²) in [4.78, 5) is 9.70. The second-order valence-corrected chi connectivity index (χ2v) is 5.38. The van der Waals surface area contributed by atoms with Crippen molar-refractivity contribution in [3.05, 3.63) is 53.0 Å². The van der Waals surface area contributed by atoms with Gasteiger partial charge in [-0.2, -0.15) is 0 Å². The lowest BCUT2D eigenvalue weighted by molar-refractivity contribution is 0.292. The Kier molecular flexibility index (Phi) is 6.60. The zero-order valence-corrected chi connectivity index (χ0v) is 13.1. The molecule has 1 heterocycles. The van der Waals surface area contributed by atoms with Crippen LogP contribution in [-0.4, -0.2) is 30.0 Å². The molecule has 0 aliphatic heterocycles. The van der Waals surface area contributed by atoms with E-state index in [9.17, 15) is 0 Å². The van der Waals surface area contributed by atoms with Crippen LogP contribution in [0, 0.1) is 0 Å². The van der Waals surface area contributed by atoms with E-state index in [-0.39, 0.29) is 6.61 Å². The summed E-state index contributed by atoms with van der Waals surface area (Å²) in [5, 5.41) is 18.1. The highest BCUT2D eigenvalue weighted by Gasteiger charge is 2.09. The molecule has 1 aromatic heterocycles. The van der Waals surface area contributed by atoms with Gasteiger partial charge in [-0.1, -0.05) is 35.5 Å². The van der Waals surface area contributed by atoms with Crippen LogP contribution in [0.25, 0.3) is 5.76 Å². The number of oxime groups is 1. The van der Waals surface area contributed by atoms with E-state index in [0.717, 1.165) is 17.2 Å². The Balaban J connectivity index is 2.05. The fourth-order valence-corrected chi connectivity index (χ4v) is 2.55. The van der Waals surface area contributed by atoms with Gasteiger partial charge in [0.1, 0.15) is 5.69 Å². The quantitative estimate of drug-likeness (QED) is 0.323. The van der Waals surface area contributed by atoms with Crippen LogP contribution in [0.5, 0.6) is 0 Å². The summed E-state index contributed by atoms with van der Waals surface area (Å²) < 4.78 is 0. The number of aliphatic hydroxyl groups is 1. The maximum atomic E-state index is 8.78. The number of allylic oxidation sites excluding steroid dienone is 1. The third-order valence-electron chi connectivity index (χ3n) is 2.90. The predicted molar refractivity (Wildman–Crippen MR) is 91.1 cm³/mol. The van der Waals surface area contributed by atoms with Crippen molar-refractivity contribution in [1.82, 2.24) is 4.98 Å². The minimum absolute atomic E-state index is 0.164. The number of nitrogens with one attached hydrogen (secondary N) is 1. The van der Waals surface area contributed by atoms with Crippen LogP contribution < -0.4 is 5.32 Å². The molecule has 2 N–H and O–H groups in total.